The van der Waals surface area contributed by atoms with E-state index in [1.165, 1.54) is 0 Å². The SMILES string of the molecule is CC(C)CCCC(C)NC(=O)CCN1C(=O)c2ccccc2C1=O. The van der Waals surface area contributed by atoms with Gasteiger partial charge in [0, 0.05) is 19.0 Å². The lowest BCUT2D eigenvalue weighted by Crippen LogP contribution is -2.37. The average molecular weight is 330 g/mol. The van der Waals surface area contributed by atoms with Gasteiger partial charge in [0.25, 0.3) is 11.8 Å². The van der Waals surface area contributed by atoms with E-state index in [0.29, 0.717) is 17.0 Å². The summed E-state index contributed by atoms with van der Waals surface area (Å²) in [6.45, 7) is 6.48. The van der Waals surface area contributed by atoms with Crippen LogP contribution in [0, 0.1) is 5.92 Å². The summed E-state index contributed by atoms with van der Waals surface area (Å²) < 4.78 is 0. The molecule has 1 atom stereocenters. The molecular weight excluding hydrogens is 304 g/mol. The maximum atomic E-state index is 12.2. The predicted octanol–water partition coefficient (Wildman–Crippen LogP) is 3.00. The molecule has 24 heavy (non-hydrogen) atoms. The quantitative estimate of drug-likeness (QED) is 0.745. The summed E-state index contributed by atoms with van der Waals surface area (Å²) in [5.41, 5.74) is 0.843. The lowest BCUT2D eigenvalue weighted by Gasteiger charge is -2.17. The molecule has 1 aliphatic rings. The van der Waals surface area contributed by atoms with Crippen LogP contribution in [-0.2, 0) is 4.79 Å². The summed E-state index contributed by atoms with van der Waals surface area (Å²) in [6, 6.07) is 6.87. The summed E-state index contributed by atoms with van der Waals surface area (Å²) in [5.74, 6) is -0.0768. The van der Waals surface area contributed by atoms with Gasteiger partial charge in [-0.2, -0.15) is 0 Å². The monoisotopic (exact) mass is 330 g/mol. The number of fused-ring (bicyclic) bond motifs is 1. The lowest BCUT2D eigenvalue weighted by atomic mass is 10.0. The van der Waals surface area contributed by atoms with Crippen molar-refractivity contribution < 1.29 is 14.4 Å². The fraction of sp³-hybridized carbons (Fsp3) is 0.526. The van der Waals surface area contributed by atoms with Gasteiger partial charge in [0.1, 0.15) is 0 Å². The van der Waals surface area contributed by atoms with E-state index in [1.54, 1.807) is 24.3 Å². The third-order valence-electron chi connectivity index (χ3n) is 4.27. The Labute approximate surface area is 143 Å². The molecule has 1 aromatic carbocycles. The van der Waals surface area contributed by atoms with Crippen LogP contribution in [-0.4, -0.2) is 35.2 Å². The van der Waals surface area contributed by atoms with E-state index >= 15 is 0 Å². The molecule has 1 unspecified atom stereocenters. The van der Waals surface area contributed by atoms with E-state index in [2.05, 4.69) is 19.2 Å². The normalized spacial score (nSPS) is 14.9. The standard InChI is InChI=1S/C19H26N2O3/c1-13(2)7-6-8-14(3)20-17(22)11-12-21-18(23)15-9-4-5-10-16(15)19(21)24/h4-5,9-10,13-14H,6-8,11-12H2,1-3H3,(H,20,22). The summed E-state index contributed by atoms with van der Waals surface area (Å²) in [6.07, 6.45) is 3.31. The van der Waals surface area contributed by atoms with Gasteiger partial charge in [-0.15, -0.1) is 0 Å². The molecule has 0 radical (unpaired) electrons. The van der Waals surface area contributed by atoms with E-state index in [0.717, 1.165) is 24.2 Å². The van der Waals surface area contributed by atoms with Gasteiger partial charge in [-0.25, -0.2) is 0 Å². The highest BCUT2D eigenvalue weighted by Crippen LogP contribution is 2.22. The zero-order valence-corrected chi connectivity index (χ0v) is 14.7. The maximum Gasteiger partial charge on any atom is 0.261 e. The molecule has 5 heteroatoms. The second kappa shape index (κ2) is 8.08. The molecule has 1 N–H and O–H groups in total. The number of hydrogen-bond donors (Lipinski definition) is 1. The minimum Gasteiger partial charge on any atom is -0.354 e. The van der Waals surface area contributed by atoms with E-state index in [9.17, 15) is 14.4 Å². The first kappa shape index (κ1) is 18.2. The smallest absolute Gasteiger partial charge is 0.261 e. The van der Waals surface area contributed by atoms with Gasteiger partial charge in [-0.05, 0) is 31.4 Å². The van der Waals surface area contributed by atoms with Crippen molar-refractivity contribution in [3.63, 3.8) is 0 Å². The van der Waals surface area contributed by atoms with Crippen molar-refractivity contribution in [1.29, 1.82) is 0 Å². The minimum absolute atomic E-state index is 0.110. The Morgan fingerprint density at radius 3 is 2.17 bits per heavy atom. The van der Waals surface area contributed by atoms with E-state index in [4.69, 9.17) is 0 Å². The molecule has 1 aromatic rings. The van der Waals surface area contributed by atoms with Gasteiger partial charge in [0.15, 0.2) is 0 Å². The molecule has 2 rings (SSSR count). The largest absolute Gasteiger partial charge is 0.354 e. The number of amides is 3. The molecule has 1 aliphatic heterocycles. The van der Waals surface area contributed by atoms with Gasteiger partial charge in [0.2, 0.25) is 5.91 Å². The maximum absolute atomic E-state index is 12.2. The molecule has 0 saturated heterocycles. The molecule has 0 spiro atoms. The number of nitrogens with one attached hydrogen (secondary N) is 1. The van der Waals surface area contributed by atoms with Crippen LogP contribution in [0.4, 0.5) is 0 Å². The third-order valence-corrected chi connectivity index (χ3v) is 4.27. The van der Waals surface area contributed by atoms with Gasteiger partial charge < -0.3 is 5.32 Å². The molecule has 3 amide bonds. The molecule has 0 saturated carbocycles. The average Bonchev–Trinajstić information content (AvgIpc) is 2.77. The fourth-order valence-corrected chi connectivity index (χ4v) is 2.91. The van der Waals surface area contributed by atoms with Crippen LogP contribution < -0.4 is 5.32 Å². The number of carbonyl (C=O) groups is 3. The van der Waals surface area contributed by atoms with Crippen LogP contribution in [0.25, 0.3) is 0 Å². The molecule has 0 bridgehead atoms. The number of rotatable bonds is 8. The van der Waals surface area contributed by atoms with Crippen molar-refractivity contribution in [2.24, 2.45) is 5.92 Å². The van der Waals surface area contributed by atoms with Crippen LogP contribution >= 0.6 is 0 Å². The van der Waals surface area contributed by atoms with Crippen molar-refractivity contribution in [2.75, 3.05) is 6.54 Å². The molecular formula is C19H26N2O3. The second-order valence-corrected chi connectivity index (χ2v) is 6.85. The Hall–Kier alpha value is -2.17. The Morgan fingerprint density at radius 2 is 1.62 bits per heavy atom. The van der Waals surface area contributed by atoms with E-state index in [-0.39, 0.29) is 36.7 Å². The number of benzene rings is 1. The minimum atomic E-state index is -0.312. The summed E-state index contributed by atoms with van der Waals surface area (Å²) in [7, 11) is 0. The van der Waals surface area contributed by atoms with Crippen molar-refractivity contribution in [3.8, 4) is 0 Å². The van der Waals surface area contributed by atoms with Crippen LogP contribution in [0.15, 0.2) is 24.3 Å². The predicted molar refractivity (Wildman–Crippen MR) is 92.7 cm³/mol. The second-order valence-electron chi connectivity index (χ2n) is 6.85. The Kier molecular flexibility index (Phi) is 6.12. The van der Waals surface area contributed by atoms with E-state index < -0.39 is 0 Å². The summed E-state index contributed by atoms with van der Waals surface area (Å²) in [5, 5.41) is 2.94. The first-order valence-electron chi connectivity index (χ1n) is 8.64. The topological polar surface area (TPSA) is 66.5 Å². The lowest BCUT2D eigenvalue weighted by molar-refractivity contribution is -0.121. The van der Waals surface area contributed by atoms with Gasteiger partial charge in [-0.3, -0.25) is 19.3 Å². The van der Waals surface area contributed by atoms with Crippen molar-refractivity contribution in [3.05, 3.63) is 35.4 Å². The van der Waals surface area contributed by atoms with Gasteiger partial charge >= 0.3 is 0 Å². The third kappa shape index (κ3) is 4.43. The van der Waals surface area contributed by atoms with Crippen molar-refractivity contribution >= 4 is 17.7 Å². The zero-order valence-electron chi connectivity index (χ0n) is 14.7. The van der Waals surface area contributed by atoms with Gasteiger partial charge in [0.05, 0.1) is 11.1 Å². The highest BCUT2D eigenvalue weighted by molar-refractivity contribution is 6.21. The highest BCUT2D eigenvalue weighted by Gasteiger charge is 2.34. The van der Waals surface area contributed by atoms with E-state index in [1.807, 2.05) is 6.92 Å². The van der Waals surface area contributed by atoms with Crippen LogP contribution in [0.5, 0.6) is 0 Å². The fourth-order valence-electron chi connectivity index (χ4n) is 2.91. The van der Waals surface area contributed by atoms with Gasteiger partial charge in [-0.1, -0.05) is 38.8 Å². The molecule has 1 heterocycles. The molecule has 0 aliphatic carbocycles. The van der Waals surface area contributed by atoms with Crippen LogP contribution in [0.3, 0.4) is 0 Å². The Bertz CT molecular complexity index is 590. The summed E-state index contributed by atoms with van der Waals surface area (Å²) >= 11 is 0. The van der Waals surface area contributed by atoms with Crippen LogP contribution in [0.1, 0.15) is 67.2 Å². The number of imide groups is 1. The zero-order chi connectivity index (χ0) is 17.7. The number of carbonyl (C=O) groups excluding carboxylic acids is 3. The Balaban J connectivity index is 1.79. The first-order valence-corrected chi connectivity index (χ1v) is 8.64. The molecule has 0 aromatic heterocycles. The Morgan fingerprint density at radius 1 is 1.04 bits per heavy atom. The van der Waals surface area contributed by atoms with Crippen LogP contribution in [0.2, 0.25) is 0 Å². The molecule has 0 fully saturated rings. The van der Waals surface area contributed by atoms with Crippen molar-refractivity contribution in [1.82, 2.24) is 10.2 Å². The van der Waals surface area contributed by atoms with Crippen molar-refractivity contribution in [2.45, 2.75) is 52.5 Å². The summed E-state index contributed by atoms with van der Waals surface area (Å²) in [4.78, 5) is 37.6. The first-order chi connectivity index (χ1) is 11.4. The number of nitrogens with zero attached hydrogens (tertiary/aromatic N) is 1. The molecule has 5 nitrogen and oxygen atoms in total. The number of hydrogen-bond acceptors (Lipinski definition) is 3. The molecule has 130 valence electrons. The highest BCUT2D eigenvalue weighted by atomic mass is 16.2.